The summed E-state index contributed by atoms with van der Waals surface area (Å²) in [7, 11) is 0. The van der Waals surface area contributed by atoms with Crippen LogP contribution in [0.2, 0.25) is 5.02 Å². The largest absolute Gasteiger partial charge is 0.461 e. The van der Waals surface area contributed by atoms with Crippen molar-refractivity contribution in [1.29, 1.82) is 0 Å². The van der Waals surface area contributed by atoms with Gasteiger partial charge < -0.3 is 15.0 Å². The van der Waals surface area contributed by atoms with E-state index in [1.165, 1.54) is 86.8 Å². The quantitative estimate of drug-likeness (QED) is 0.435. The van der Waals surface area contributed by atoms with Crippen molar-refractivity contribution in [3.63, 3.8) is 0 Å². The number of nitrogens with zero attached hydrogens (tertiary/aromatic N) is 4. The van der Waals surface area contributed by atoms with E-state index in [1.807, 2.05) is 12.1 Å². The molecule has 3 aromatic rings. The van der Waals surface area contributed by atoms with Crippen LogP contribution in [0, 0.1) is 0 Å². The number of benzene rings is 2. The molecular weight excluding hydrogens is 506 g/mol. The third-order valence-corrected chi connectivity index (χ3v) is 10.7. The van der Waals surface area contributed by atoms with Crippen LogP contribution in [0.15, 0.2) is 36.4 Å². The molecule has 8 rings (SSSR count). The van der Waals surface area contributed by atoms with Gasteiger partial charge in [0.05, 0.1) is 28.5 Å². The Morgan fingerprint density at radius 1 is 0.974 bits per heavy atom. The van der Waals surface area contributed by atoms with Gasteiger partial charge in [-0.1, -0.05) is 35.9 Å². The molecule has 39 heavy (non-hydrogen) atoms. The van der Waals surface area contributed by atoms with E-state index in [9.17, 15) is 0 Å². The molecule has 0 spiro atoms. The number of hydrogen-bond acceptors (Lipinski definition) is 6. The third-order valence-electron chi connectivity index (χ3n) is 10.4. The highest BCUT2D eigenvalue weighted by Gasteiger charge is 2.45. The molecular formula is C32H38ClN5O. The summed E-state index contributed by atoms with van der Waals surface area (Å²) in [5.41, 5.74) is 5.18. The van der Waals surface area contributed by atoms with E-state index >= 15 is 0 Å². The van der Waals surface area contributed by atoms with E-state index in [0.29, 0.717) is 30.6 Å². The number of ether oxygens (including phenoxy) is 1. The van der Waals surface area contributed by atoms with Crippen LogP contribution >= 0.6 is 11.6 Å². The van der Waals surface area contributed by atoms with Crippen molar-refractivity contribution in [2.24, 2.45) is 0 Å². The molecule has 0 aliphatic carbocycles. The van der Waals surface area contributed by atoms with Crippen molar-refractivity contribution in [2.45, 2.75) is 87.9 Å². The fourth-order valence-electron chi connectivity index (χ4n) is 8.52. The fraction of sp³-hybridized carbons (Fsp3) is 0.562. The standard InChI is InChI=1S/C32H38ClN5O/c33-26-7-1-5-21-6-2-8-28(29(21)26)37-16-11-25-27(19-37)35-31(39-20-32-12-3-14-38(32)15-4-13-32)36-30(25)22-17-23-9-10-24(18-22)34-23/h1-2,5-8,22-24,34H,3-4,9-20H2. The topological polar surface area (TPSA) is 53.5 Å². The highest BCUT2D eigenvalue weighted by molar-refractivity contribution is 6.36. The summed E-state index contributed by atoms with van der Waals surface area (Å²) < 4.78 is 6.57. The summed E-state index contributed by atoms with van der Waals surface area (Å²) in [4.78, 5) is 15.5. The van der Waals surface area contributed by atoms with E-state index < -0.39 is 0 Å². The Morgan fingerprint density at radius 2 is 1.74 bits per heavy atom. The second kappa shape index (κ2) is 9.60. The van der Waals surface area contributed by atoms with E-state index in [1.54, 1.807) is 0 Å². The maximum atomic E-state index is 6.73. The lowest BCUT2D eigenvalue weighted by molar-refractivity contribution is 0.107. The number of anilines is 1. The first-order valence-corrected chi connectivity index (χ1v) is 15.5. The van der Waals surface area contributed by atoms with Crippen molar-refractivity contribution >= 4 is 28.1 Å². The van der Waals surface area contributed by atoms with Gasteiger partial charge in [0.25, 0.3) is 0 Å². The molecule has 0 saturated carbocycles. The summed E-state index contributed by atoms with van der Waals surface area (Å²) in [5.74, 6) is 0.494. The van der Waals surface area contributed by atoms with Crippen LogP contribution in [0.5, 0.6) is 6.01 Å². The van der Waals surface area contributed by atoms with Crippen LogP contribution in [0.3, 0.4) is 0 Å². The predicted octanol–water partition coefficient (Wildman–Crippen LogP) is 5.85. The lowest BCUT2D eigenvalue weighted by Gasteiger charge is -2.35. The van der Waals surface area contributed by atoms with Crippen molar-refractivity contribution in [1.82, 2.24) is 20.2 Å². The van der Waals surface area contributed by atoms with Gasteiger partial charge in [-0.2, -0.15) is 9.97 Å². The Bertz CT molecular complexity index is 1380. The molecule has 6 nitrogen and oxygen atoms in total. The normalized spacial score (nSPS) is 27.6. The Balaban J connectivity index is 1.15. The average Bonchev–Trinajstić information content (AvgIpc) is 3.64. The van der Waals surface area contributed by atoms with Gasteiger partial charge >= 0.3 is 6.01 Å². The van der Waals surface area contributed by atoms with Gasteiger partial charge in [0.1, 0.15) is 6.61 Å². The van der Waals surface area contributed by atoms with Crippen molar-refractivity contribution in [3.8, 4) is 6.01 Å². The number of hydrogen-bond donors (Lipinski definition) is 1. The minimum Gasteiger partial charge on any atom is -0.461 e. The van der Waals surface area contributed by atoms with Gasteiger partial charge in [-0.05, 0) is 94.0 Å². The molecule has 1 N–H and O–H groups in total. The predicted molar refractivity (Wildman–Crippen MR) is 156 cm³/mol. The Kier molecular flexibility index (Phi) is 6.01. The zero-order chi connectivity index (χ0) is 26.0. The lowest BCUT2D eigenvalue weighted by atomic mass is 9.85. The summed E-state index contributed by atoms with van der Waals surface area (Å²) in [6, 6.07) is 14.5. The third kappa shape index (κ3) is 4.22. The number of fused-ring (bicyclic) bond motifs is 5. The van der Waals surface area contributed by atoms with Gasteiger partial charge in [0.15, 0.2) is 0 Å². The first-order valence-electron chi connectivity index (χ1n) is 15.1. The SMILES string of the molecule is Clc1cccc2cccc(N3CCc4c(nc(OCC56CCCN5CCC6)nc4C4CC5CCC(C4)N5)C3)c12. The smallest absolute Gasteiger partial charge is 0.316 e. The van der Waals surface area contributed by atoms with Gasteiger partial charge in [0.2, 0.25) is 0 Å². The number of nitrogens with one attached hydrogen (secondary N) is 1. The van der Waals surface area contributed by atoms with Crippen LogP contribution in [0.4, 0.5) is 5.69 Å². The van der Waals surface area contributed by atoms with Crippen molar-refractivity contribution < 1.29 is 4.74 Å². The first kappa shape index (κ1) is 24.4. The van der Waals surface area contributed by atoms with Crippen LogP contribution in [0.1, 0.15) is 74.2 Å². The lowest BCUT2D eigenvalue weighted by Crippen LogP contribution is -2.43. The summed E-state index contributed by atoms with van der Waals surface area (Å²) in [6.45, 7) is 4.84. The molecule has 7 heteroatoms. The van der Waals surface area contributed by atoms with E-state index in [4.69, 9.17) is 26.3 Å². The van der Waals surface area contributed by atoms with Crippen LogP contribution in [-0.2, 0) is 13.0 Å². The number of halogens is 1. The molecule has 4 fully saturated rings. The molecule has 5 aliphatic rings. The summed E-state index contributed by atoms with van der Waals surface area (Å²) in [6.07, 6.45) is 10.9. The summed E-state index contributed by atoms with van der Waals surface area (Å²) >= 11 is 6.73. The zero-order valence-electron chi connectivity index (χ0n) is 22.7. The Hall–Kier alpha value is -2.41. The van der Waals surface area contributed by atoms with Crippen molar-refractivity contribution in [3.05, 3.63) is 58.4 Å². The monoisotopic (exact) mass is 543 g/mol. The molecule has 2 aromatic carbocycles. The van der Waals surface area contributed by atoms with Crippen molar-refractivity contribution in [2.75, 3.05) is 31.1 Å². The minimum absolute atomic E-state index is 0.193. The average molecular weight is 544 g/mol. The molecule has 0 radical (unpaired) electrons. The molecule has 5 aliphatic heterocycles. The van der Waals surface area contributed by atoms with Crippen LogP contribution < -0.4 is 15.0 Å². The second-order valence-corrected chi connectivity index (χ2v) is 13.0. The number of rotatable bonds is 5. The molecule has 204 valence electrons. The molecule has 0 amide bonds. The molecule has 2 bridgehead atoms. The van der Waals surface area contributed by atoms with Gasteiger partial charge in [0, 0.05) is 35.6 Å². The molecule has 1 aromatic heterocycles. The Morgan fingerprint density at radius 3 is 2.54 bits per heavy atom. The van der Waals surface area contributed by atoms with Gasteiger partial charge in [-0.15, -0.1) is 0 Å². The molecule has 2 unspecified atom stereocenters. The van der Waals surface area contributed by atoms with E-state index in [0.717, 1.165) is 35.6 Å². The van der Waals surface area contributed by atoms with E-state index in [-0.39, 0.29) is 5.54 Å². The van der Waals surface area contributed by atoms with E-state index in [2.05, 4.69) is 39.4 Å². The Labute approximate surface area is 236 Å². The highest BCUT2D eigenvalue weighted by Crippen LogP contribution is 2.42. The molecule has 4 saturated heterocycles. The molecule has 2 atom stereocenters. The minimum atomic E-state index is 0.193. The maximum absolute atomic E-state index is 6.73. The van der Waals surface area contributed by atoms with Crippen LogP contribution in [0.25, 0.3) is 10.8 Å². The summed E-state index contributed by atoms with van der Waals surface area (Å²) in [5, 5.41) is 6.94. The zero-order valence-corrected chi connectivity index (χ0v) is 23.4. The number of aromatic nitrogens is 2. The maximum Gasteiger partial charge on any atom is 0.316 e. The molecule has 6 heterocycles. The van der Waals surface area contributed by atoms with Gasteiger partial charge in [-0.3, -0.25) is 4.90 Å². The first-order chi connectivity index (χ1) is 19.1. The number of piperidine rings is 1. The fourth-order valence-corrected chi connectivity index (χ4v) is 8.80. The second-order valence-electron chi connectivity index (χ2n) is 12.6. The van der Waals surface area contributed by atoms with Gasteiger partial charge in [-0.25, -0.2) is 0 Å². The highest BCUT2D eigenvalue weighted by atomic mass is 35.5. The van der Waals surface area contributed by atoms with Crippen LogP contribution in [-0.4, -0.2) is 58.7 Å².